The van der Waals surface area contributed by atoms with E-state index in [-0.39, 0.29) is 17.4 Å². The summed E-state index contributed by atoms with van der Waals surface area (Å²) in [6, 6.07) is 4.43. The highest BCUT2D eigenvalue weighted by Gasteiger charge is 2.15. The number of hydrogen-bond acceptors (Lipinski definition) is 4. The van der Waals surface area contributed by atoms with Crippen LogP contribution in [0.3, 0.4) is 0 Å². The van der Waals surface area contributed by atoms with Crippen LogP contribution in [0.2, 0.25) is 0 Å². The highest BCUT2D eigenvalue weighted by Crippen LogP contribution is 2.16. The maximum Gasteiger partial charge on any atom is 0.257 e. The molecule has 0 aliphatic rings. The minimum Gasteiger partial charge on any atom is -0.507 e. The van der Waals surface area contributed by atoms with Gasteiger partial charge in [-0.05, 0) is 25.5 Å². The van der Waals surface area contributed by atoms with Gasteiger partial charge in [-0.15, -0.1) is 0 Å². The van der Waals surface area contributed by atoms with Crippen molar-refractivity contribution in [2.75, 3.05) is 0 Å². The molecule has 6 heteroatoms. The van der Waals surface area contributed by atoms with Crippen molar-refractivity contribution in [3.8, 4) is 5.75 Å². The second-order valence-corrected chi connectivity index (χ2v) is 4.52. The Hall–Kier alpha value is -2.63. The zero-order valence-electron chi connectivity index (χ0n) is 11.2. The number of amides is 1. The number of nitrogens with one attached hydrogen (secondary N) is 2. The number of nitrogens with zero attached hydrogens (tertiary/aromatic N) is 1. The molecule has 2 aromatic heterocycles. The van der Waals surface area contributed by atoms with Crippen LogP contribution in [0.25, 0.3) is 0 Å². The standard InChI is InChI=1S/C14H15N3O3/c1-8-3-4-10(6-15-8)9(2)17-14(20)11-7-16-13(19)5-12(11)18/h3-7,9H,1-2H3,(H,17,20)(H2,16,18,19). The molecule has 0 aliphatic heterocycles. The molecule has 104 valence electrons. The molecule has 2 rings (SSSR count). The Morgan fingerprint density at radius 2 is 2.20 bits per heavy atom. The van der Waals surface area contributed by atoms with Gasteiger partial charge in [0.15, 0.2) is 0 Å². The third kappa shape index (κ3) is 3.03. The quantitative estimate of drug-likeness (QED) is 0.785. The molecule has 0 aliphatic carbocycles. The number of carbonyl (C=O) groups is 1. The Morgan fingerprint density at radius 3 is 2.80 bits per heavy atom. The van der Waals surface area contributed by atoms with E-state index in [1.165, 1.54) is 6.20 Å². The van der Waals surface area contributed by atoms with Gasteiger partial charge in [0, 0.05) is 24.2 Å². The molecular formula is C14H15N3O3. The van der Waals surface area contributed by atoms with E-state index in [1.807, 2.05) is 26.0 Å². The van der Waals surface area contributed by atoms with Gasteiger partial charge in [0.25, 0.3) is 11.5 Å². The first-order chi connectivity index (χ1) is 9.47. The second-order valence-electron chi connectivity index (χ2n) is 4.52. The predicted octanol–water partition coefficient (Wildman–Crippen LogP) is 1.27. The predicted molar refractivity (Wildman–Crippen MR) is 73.6 cm³/mol. The largest absolute Gasteiger partial charge is 0.507 e. The Bertz CT molecular complexity index is 677. The van der Waals surface area contributed by atoms with E-state index in [9.17, 15) is 14.7 Å². The molecule has 20 heavy (non-hydrogen) atoms. The summed E-state index contributed by atoms with van der Waals surface area (Å²) in [6.45, 7) is 3.69. The van der Waals surface area contributed by atoms with Crippen LogP contribution in [0, 0.1) is 6.92 Å². The molecule has 0 radical (unpaired) electrons. The van der Waals surface area contributed by atoms with E-state index < -0.39 is 11.5 Å². The fraction of sp³-hybridized carbons (Fsp3) is 0.214. The summed E-state index contributed by atoms with van der Waals surface area (Å²) in [5, 5.41) is 12.3. The van der Waals surface area contributed by atoms with Crippen LogP contribution < -0.4 is 10.9 Å². The molecule has 2 aromatic rings. The lowest BCUT2D eigenvalue weighted by molar-refractivity contribution is 0.0936. The average molecular weight is 273 g/mol. The SMILES string of the molecule is Cc1ccc(C(C)NC(=O)c2c[nH]c(=O)cc2O)cn1. The van der Waals surface area contributed by atoms with E-state index in [1.54, 1.807) is 6.20 Å². The lowest BCUT2D eigenvalue weighted by atomic mass is 10.1. The number of hydrogen-bond donors (Lipinski definition) is 3. The van der Waals surface area contributed by atoms with Crippen molar-refractivity contribution < 1.29 is 9.90 Å². The Morgan fingerprint density at radius 1 is 1.45 bits per heavy atom. The number of aromatic amines is 1. The Labute approximate surface area is 115 Å². The molecule has 0 bridgehead atoms. The highest BCUT2D eigenvalue weighted by atomic mass is 16.3. The smallest absolute Gasteiger partial charge is 0.257 e. The lowest BCUT2D eigenvalue weighted by Gasteiger charge is -2.14. The zero-order chi connectivity index (χ0) is 14.7. The summed E-state index contributed by atoms with van der Waals surface area (Å²) in [7, 11) is 0. The van der Waals surface area contributed by atoms with Crippen LogP contribution in [-0.2, 0) is 0 Å². The van der Waals surface area contributed by atoms with Crippen LogP contribution in [0.5, 0.6) is 5.75 Å². The van der Waals surface area contributed by atoms with Crippen LogP contribution in [-0.4, -0.2) is 21.0 Å². The van der Waals surface area contributed by atoms with Crippen LogP contribution in [0.1, 0.15) is 34.6 Å². The molecule has 6 nitrogen and oxygen atoms in total. The molecule has 2 heterocycles. The highest BCUT2D eigenvalue weighted by molar-refractivity contribution is 5.96. The van der Waals surface area contributed by atoms with E-state index in [0.717, 1.165) is 17.3 Å². The van der Waals surface area contributed by atoms with Gasteiger partial charge in [0.05, 0.1) is 11.6 Å². The monoisotopic (exact) mass is 273 g/mol. The average Bonchev–Trinajstić information content (AvgIpc) is 2.39. The second kappa shape index (κ2) is 5.56. The number of rotatable bonds is 3. The first-order valence-electron chi connectivity index (χ1n) is 6.12. The normalized spacial score (nSPS) is 11.9. The van der Waals surface area contributed by atoms with Crippen molar-refractivity contribution in [3.63, 3.8) is 0 Å². The number of aromatic hydroxyl groups is 1. The van der Waals surface area contributed by atoms with Gasteiger partial charge in [-0.1, -0.05) is 6.07 Å². The molecule has 1 atom stereocenters. The van der Waals surface area contributed by atoms with Gasteiger partial charge in [-0.2, -0.15) is 0 Å². The van der Waals surface area contributed by atoms with Crippen molar-refractivity contribution >= 4 is 5.91 Å². The van der Waals surface area contributed by atoms with Crippen LogP contribution in [0.15, 0.2) is 35.4 Å². The number of pyridine rings is 2. The van der Waals surface area contributed by atoms with Crippen molar-refractivity contribution in [3.05, 3.63) is 57.8 Å². The van der Waals surface area contributed by atoms with Crippen LogP contribution in [0.4, 0.5) is 0 Å². The maximum atomic E-state index is 12.0. The summed E-state index contributed by atoms with van der Waals surface area (Å²) in [4.78, 5) is 29.5. The number of H-pyrrole nitrogens is 1. The Kier molecular flexibility index (Phi) is 3.84. The van der Waals surface area contributed by atoms with Gasteiger partial charge in [-0.3, -0.25) is 14.6 Å². The van der Waals surface area contributed by atoms with E-state index in [0.29, 0.717) is 0 Å². The van der Waals surface area contributed by atoms with Crippen molar-refractivity contribution in [1.29, 1.82) is 0 Å². The fourth-order valence-corrected chi connectivity index (χ4v) is 1.74. The van der Waals surface area contributed by atoms with Crippen molar-refractivity contribution in [2.45, 2.75) is 19.9 Å². The van der Waals surface area contributed by atoms with Crippen molar-refractivity contribution in [1.82, 2.24) is 15.3 Å². The van der Waals surface area contributed by atoms with Crippen LogP contribution >= 0.6 is 0 Å². The van der Waals surface area contributed by atoms with Gasteiger partial charge in [0.2, 0.25) is 0 Å². The summed E-state index contributed by atoms with van der Waals surface area (Å²) in [6.07, 6.45) is 2.88. The molecule has 0 saturated carbocycles. The summed E-state index contributed by atoms with van der Waals surface area (Å²) in [5.74, 6) is -0.813. The van der Waals surface area contributed by atoms with E-state index in [2.05, 4.69) is 15.3 Å². The third-order valence-electron chi connectivity index (χ3n) is 2.93. The third-order valence-corrected chi connectivity index (χ3v) is 2.93. The zero-order valence-corrected chi connectivity index (χ0v) is 11.2. The lowest BCUT2D eigenvalue weighted by Crippen LogP contribution is -2.27. The first-order valence-corrected chi connectivity index (χ1v) is 6.12. The molecule has 1 unspecified atom stereocenters. The van der Waals surface area contributed by atoms with E-state index in [4.69, 9.17) is 0 Å². The fourth-order valence-electron chi connectivity index (χ4n) is 1.74. The van der Waals surface area contributed by atoms with Gasteiger partial charge >= 0.3 is 0 Å². The summed E-state index contributed by atoms with van der Waals surface area (Å²) >= 11 is 0. The van der Waals surface area contributed by atoms with Gasteiger partial charge < -0.3 is 15.4 Å². The molecule has 0 saturated heterocycles. The van der Waals surface area contributed by atoms with Crippen molar-refractivity contribution in [2.24, 2.45) is 0 Å². The summed E-state index contributed by atoms with van der Waals surface area (Å²) in [5.41, 5.74) is 1.31. The number of aromatic nitrogens is 2. The molecule has 1 amide bonds. The van der Waals surface area contributed by atoms with Gasteiger partial charge in [0.1, 0.15) is 5.75 Å². The minimum atomic E-state index is -0.466. The molecular weight excluding hydrogens is 258 g/mol. The topological polar surface area (TPSA) is 95.1 Å². The first kappa shape index (κ1) is 13.8. The number of carbonyl (C=O) groups excluding carboxylic acids is 1. The maximum absolute atomic E-state index is 12.0. The molecule has 3 N–H and O–H groups in total. The molecule has 0 aromatic carbocycles. The minimum absolute atomic E-state index is 0.0246. The van der Waals surface area contributed by atoms with E-state index >= 15 is 0 Å². The summed E-state index contributed by atoms with van der Waals surface area (Å²) < 4.78 is 0. The molecule has 0 fully saturated rings. The van der Waals surface area contributed by atoms with Gasteiger partial charge in [-0.25, -0.2) is 0 Å². The Balaban J connectivity index is 2.14. The number of aryl methyl sites for hydroxylation is 1. The molecule has 0 spiro atoms.